The molecule has 0 amide bonds. The molecule has 5 nitrogen and oxygen atoms in total. The largest absolute Gasteiger partial charge is 0.491 e. The molecule has 5 heteroatoms. The normalized spacial score (nSPS) is 16.3. The highest BCUT2D eigenvalue weighted by molar-refractivity contribution is 5.84. The van der Waals surface area contributed by atoms with Crippen LogP contribution in [0.4, 0.5) is 0 Å². The molecule has 1 unspecified atom stereocenters. The second-order valence-corrected chi connectivity index (χ2v) is 5.97. The lowest BCUT2D eigenvalue weighted by molar-refractivity contribution is 0.0353. The van der Waals surface area contributed by atoms with E-state index in [-0.39, 0.29) is 0 Å². The van der Waals surface area contributed by atoms with Gasteiger partial charge in [-0.05, 0) is 41.5 Å². The van der Waals surface area contributed by atoms with E-state index in [1.807, 2.05) is 13.0 Å². The van der Waals surface area contributed by atoms with E-state index in [9.17, 15) is 0 Å². The van der Waals surface area contributed by atoms with Crippen molar-refractivity contribution in [2.24, 2.45) is 0 Å². The van der Waals surface area contributed by atoms with Gasteiger partial charge in [0.2, 0.25) is 0 Å². The molecule has 1 saturated heterocycles. The minimum atomic E-state index is 0.313. The maximum atomic E-state index is 5.70. The third-order valence-electron chi connectivity index (χ3n) is 3.92. The van der Waals surface area contributed by atoms with Crippen LogP contribution in [0.15, 0.2) is 36.4 Å². The van der Waals surface area contributed by atoms with E-state index in [0.29, 0.717) is 52.4 Å². The summed E-state index contributed by atoms with van der Waals surface area (Å²) in [5.74, 6) is 0.869. The Hall–Kier alpha value is -1.66. The fourth-order valence-electron chi connectivity index (χ4n) is 2.50. The highest BCUT2D eigenvalue weighted by Crippen LogP contribution is 2.22. The van der Waals surface area contributed by atoms with Crippen LogP contribution in [0.3, 0.4) is 0 Å². The molecule has 0 bridgehead atoms. The first-order valence-electron chi connectivity index (χ1n) is 8.85. The van der Waals surface area contributed by atoms with Crippen LogP contribution in [0.1, 0.15) is 12.5 Å². The highest BCUT2D eigenvalue weighted by atomic mass is 16.6. The molecule has 3 rings (SSSR count). The fourth-order valence-corrected chi connectivity index (χ4v) is 2.50. The first-order valence-corrected chi connectivity index (χ1v) is 8.85. The fraction of sp³-hybridized carbons (Fsp3) is 0.500. The Morgan fingerprint density at radius 1 is 0.920 bits per heavy atom. The van der Waals surface area contributed by atoms with Crippen molar-refractivity contribution in [2.75, 3.05) is 46.2 Å². The van der Waals surface area contributed by atoms with Gasteiger partial charge < -0.3 is 23.7 Å². The molecule has 25 heavy (non-hydrogen) atoms. The van der Waals surface area contributed by atoms with Gasteiger partial charge in [0.1, 0.15) is 18.5 Å². The molecule has 0 N–H and O–H groups in total. The molecule has 1 heterocycles. The van der Waals surface area contributed by atoms with Crippen molar-refractivity contribution in [3.05, 3.63) is 42.0 Å². The molecule has 2 aromatic carbocycles. The summed E-state index contributed by atoms with van der Waals surface area (Å²) in [7, 11) is 0. The van der Waals surface area contributed by atoms with Gasteiger partial charge in [-0.2, -0.15) is 0 Å². The van der Waals surface area contributed by atoms with Gasteiger partial charge in [-0.3, -0.25) is 0 Å². The maximum absolute atomic E-state index is 5.70. The van der Waals surface area contributed by atoms with Gasteiger partial charge in [-0.25, -0.2) is 0 Å². The second kappa shape index (κ2) is 9.73. The van der Waals surface area contributed by atoms with E-state index < -0.39 is 0 Å². The van der Waals surface area contributed by atoms with Gasteiger partial charge >= 0.3 is 0 Å². The van der Waals surface area contributed by atoms with Crippen LogP contribution < -0.4 is 4.74 Å². The summed E-state index contributed by atoms with van der Waals surface area (Å²) in [6.45, 7) is 7.17. The summed E-state index contributed by atoms with van der Waals surface area (Å²) in [5.41, 5.74) is 1.16. The quantitative estimate of drug-likeness (QED) is 0.436. The van der Waals surface area contributed by atoms with Crippen molar-refractivity contribution in [3.63, 3.8) is 0 Å². The highest BCUT2D eigenvalue weighted by Gasteiger charge is 2.21. The van der Waals surface area contributed by atoms with E-state index in [2.05, 4.69) is 30.3 Å². The number of benzene rings is 2. The van der Waals surface area contributed by atoms with Gasteiger partial charge in [-0.1, -0.05) is 18.2 Å². The van der Waals surface area contributed by atoms with Crippen molar-refractivity contribution in [1.29, 1.82) is 0 Å². The smallest absolute Gasteiger partial charge is 0.120 e. The first-order chi connectivity index (χ1) is 12.3. The Balaban J connectivity index is 1.43. The van der Waals surface area contributed by atoms with E-state index >= 15 is 0 Å². The van der Waals surface area contributed by atoms with E-state index in [0.717, 1.165) is 23.3 Å². The van der Waals surface area contributed by atoms with E-state index in [4.69, 9.17) is 23.7 Å². The summed E-state index contributed by atoms with van der Waals surface area (Å²) in [6.07, 6.45) is 0.313. The Bertz CT molecular complexity index is 654. The van der Waals surface area contributed by atoms with Crippen LogP contribution >= 0.6 is 0 Å². The molecule has 0 saturated carbocycles. The summed E-state index contributed by atoms with van der Waals surface area (Å²) in [4.78, 5) is 0. The van der Waals surface area contributed by atoms with Crippen LogP contribution in [0, 0.1) is 0 Å². The minimum absolute atomic E-state index is 0.313. The summed E-state index contributed by atoms with van der Waals surface area (Å²) in [6, 6.07) is 12.5. The molecular formula is C20H26O5. The number of fused-ring (bicyclic) bond motifs is 1. The zero-order valence-corrected chi connectivity index (χ0v) is 14.7. The lowest BCUT2D eigenvalue weighted by Gasteiger charge is -2.09. The Kier molecular flexibility index (Phi) is 7.06. The van der Waals surface area contributed by atoms with Gasteiger partial charge in [-0.15, -0.1) is 0 Å². The number of epoxide rings is 1. The zero-order chi connectivity index (χ0) is 17.3. The van der Waals surface area contributed by atoms with Crippen LogP contribution in [0.5, 0.6) is 5.75 Å². The SMILES string of the molecule is CCOCCOc1ccc2cc(COCCOCC3CO3)ccc2c1. The first kappa shape index (κ1) is 18.1. The van der Waals surface area contributed by atoms with Crippen molar-refractivity contribution in [2.45, 2.75) is 19.6 Å². The van der Waals surface area contributed by atoms with E-state index in [1.165, 1.54) is 5.39 Å². The molecular weight excluding hydrogens is 320 g/mol. The monoisotopic (exact) mass is 346 g/mol. The number of hydrogen-bond donors (Lipinski definition) is 0. The number of ether oxygens (including phenoxy) is 5. The predicted octanol–water partition coefficient (Wildman–Crippen LogP) is 3.19. The summed E-state index contributed by atoms with van der Waals surface area (Å²) < 4.78 is 27.2. The minimum Gasteiger partial charge on any atom is -0.491 e. The molecule has 2 aromatic rings. The lowest BCUT2D eigenvalue weighted by Crippen LogP contribution is -2.08. The maximum Gasteiger partial charge on any atom is 0.120 e. The van der Waals surface area contributed by atoms with E-state index in [1.54, 1.807) is 0 Å². The standard InChI is InChI=1S/C20H26O5/c1-2-21-9-10-24-19-6-5-17-11-16(3-4-18(17)12-19)13-22-7-8-23-14-20-15-25-20/h3-6,11-12,20H,2,7-10,13-15H2,1H3. The summed E-state index contributed by atoms with van der Waals surface area (Å²) >= 11 is 0. The van der Waals surface area contributed by atoms with Crippen LogP contribution in [0.25, 0.3) is 10.8 Å². The molecule has 136 valence electrons. The lowest BCUT2D eigenvalue weighted by atomic mass is 10.1. The van der Waals surface area contributed by atoms with Crippen LogP contribution in [0.2, 0.25) is 0 Å². The van der Waals surface area contributed by atoms with Crippen molar-refractivity contribution < 1.29 is 23.7 Å². The summed E-state index contributed by atoms with van der Waals surface area (Å²) in [5, 5.41) is 2.34. The Morgan fingerprint density at radius 3 is 2.52 bits per heavy atom. The zero-order valence-electron chi connectivity index (χ0n) is 14.7. The van der Waals surface area contributed by atoms with Gasteiger partial charge in [0, 0.05) is 6.61 Å². The van der Waals surface area contributed by atoms with Crippen molar-refractivity contribution >= 4 is 10.8 Å². The molecule has 0 radical (unpaired) electrons. The van der Waals surface area contributed by atoms with Crippen molar-refractivity contribution in [3.8, 4) is 5.75 Å². The third kappa shape index (κ3) is 6.29. The Labute approximate surface area is 148 Å². The molecule has 1 atom stereocenters. The van der Waals surface area contributed by atoms with Crippen LogP contribution in [-0.2, 0) is 25.6 Å². The van der Waals surface area contributed by atoms with Crippen LogP contribution in [-0.4, -0.2) is 52.4 Å². The molecule has 0 spiro atoms. The number of rotatable bonds is 12. The number of hydrogen-bond acceptors (Lipinski definition) is 5. The molecule has 0 aliphatic carbocycles. The Morgan fingerprint density at radius 2 is 1.68 bits per heavy atom. The van der Waals surface area contributed by atoms with Gasteiger partial charge in [0.25, 0.3) is 0 Å². The average Bonchev–Trinajstić information content (AvgIpc) is 3.46. The molecule has 1 fully saturated rings. The average molecular weight is 346 g/mol. The topological polar surface area (TPSA) is 49.5 Å². The van der Waals surface area contributed by atoms with Crippen molar-refractivity contribution in [1.82, 2.24) is 0 Å². The van der Waals surface area contributed by atoms with Gasteiger partial charge in [0.05, 0.1) is 39.6 Å². The second-order valence-electron chi connectivity index (χ2n) is 5.97. The molecule has 0 aromatic heterocycles. The molecule has 1 aliphatic heterocycles. The molecule has 1 aliphatic rings. The van der Waals surface area contributed by atoms with Gasteiger partial charge in [0.15, 0.2) is 0 Å². The third-order valence-corrected chi connectivity index (χ3v) is 3.92. The predicted molar refractivity (Wildman–Crippen MR) is 96.2 cm³/mol.